The van der Waals surface area contributed by atoms with Gasteiger partial charge in [-0.15, -0.1) is 0 Å². The number of ether oxygens (including phenoxy) is 1. The van der Waals surface area contributed by atoms with E-state index in [1.165, 1.54) is 18.3 Å². The van der Waals surface area contributed by atoms with E-state index in [0.717, 1.165) is 0 Å². The first-order valence-corrected chi connectivity index (χ1v) is 2.90. The van der Waals surface area contributed by atoms with Crippen molar-refractivity contribution < 1.29 is 18.9 Å². The van der Waals surface area contributed by atoms with Crippen LogP contribution >= 0.6 is 0 Å². The lowest BCUT2D eigenvalue weighted by Gasteiger charge is -2.03. The molecule has 1 heterocycles. The van der Waals surface area contributed by atoms with Gasteiger partial charge in [-0.25, -0.2) is 4.98 Å². The van der Waals surface area contributed by atoms with E-state index in [4.69, 9.17) is 14.2 Å². The lowest BCUT2D eigenvalue weighted by molar-refractivity contribution is 0.391. The van der Waals surface area contributed by atoms with E-state index in [-0.39, 0.29) is 11.3 Å². The van der Waals surface area contributed by atoms with Crippen LogP contribution in [-0.2, 0) is 0 Å². The zero-order valence-electron chi connectivity index (χ0n) is 8.56. The van der Waals surface area contributed by atoms with Crippen molar-refractivity contribution in [3.05, 3.63) is 18.3 Å². The highest BCUT2D eigenvalue weighted by atomic mass is 16.5. The van der Waals surface area contributed by atoms with Crippen LogP contribution in [-0.4, -0.2) is 29.2 Å². The Morgan fingerprint density at radius 3 is 3.18 bits per heavy atom. The molecule has 1 aromatic heterocycles. The molecule has 0 aliphatic heterocycles. The van der Waals surface area contributed by atoms with E-state index >= 15 is 0 Å². The van der Waals surface area contributed by atoms with Crippen LogP contribution in [0.3, 0.4) is 0 Å². The van der Waals surface area contributed by atoms with Crippen molar-refractivity contribution in [2.75, 3.05) is 7.04 Å². The predicted octanol–water partition coefficient (Wildman–Crippen LogP) is -1.23. The summed E-state index contributed by atoms with van der Waals surface area (Å²) in [6, 6.07) is 2.76. The Kier molecular flexibility index (Phi) is 1.45. The third-order valence-electron chi connectivity index (χ3n) is 1.18. The van der Waals surface area contributed by atoms with E-state index in [2.05, 4.69) is 9.72 Å². The Hall–Kier alpha value is -1.07. The number of nitrogens with zero attached hydrogens (tertiary/aromatic N) is 1. The summed E-state index contributed by atoms with van der Waals surface area (Å²) in [5.74, 6) is -0.303. The molecular formula is C6H8BNO3. The lowest BCUT2D eigenvalue weighted by atomic mass is 9.81. The second-order valence-corrected chi connectivity index (χ2v) is 1.87. The maximum absolute atomic E-state index is 8.85. The van der Waals surface area contributed by atoms with Crippen molar-refractivity contribution >= 4 is 12.6 Å². The molecule has 0 fully saturated rings. The zero-order valence-corrected chi connectivity index (χ0v) is 5.56. The van der Waals surface area contributed by atoms with Crippen LogP contribution in [0.2, 0.25) is 0 Å². The summed E-state index contributed by atoms with van der Waals surface area (Å²) < 4.78 is 24.9. The van der Waals surface area contributed by atoms with Gasteiger partial charge in [-0.3, -0.25) is 0 Å². The van der Waals surface area contributed by atoms with Gasteiger partial charge in [0.15, 0.2) is 0 Å². The largest absolute Gasteiger partial charge is 0.493 e. The van der Waals surface area contributed by atoms with Crippen LogP contribution < -0.4 is 10.2 Å². The molecular weight excluding hydrogens is 145 g/mol. The molecule has 11 heavy (non-hydrogen) atoms. The fraction of sp³-hybridized carbons (Fsp3) is 0.167. The van der Waals surface area contributed by atoms with Crippen molar-refractivity contribution in [2.45, 2.75) is 0 Å². The molecule has 0 aliphatic carbocycles. The number of rotatable bonds is 2. The van der Waals surface area contributed by atoms with Crippen molar-refractivity contribution in [1.29, 1.82) is 0 Å². The average molecular weight is 156 g/mol. The number of methoxy groups -OCH3 is 1. The lowest BCUT2D eigenvalue weighted by Crippen LogP contribution is -2.31. The normalized spacial score (nSPS) is 14.5. The minimum atomic E-state index is -2.65. The van der Waals surface area contributed by atoms with Gasteiger partial charge in [0.1, 0.15) is 0 Å². The molecule has 0 spiro atoms. The van der Waals surface area contributed by atoms with Gasteiger partial charge < -0.3 is 14.8 Å². The quantitative estimate of drug-likeness (QED) is 0.526. The van der Waals surface area contributed by atoms with Crippen LogP contribution in [0.4, 0.5) is 0 Å². The molecule has 2 N–H and O–H groups in total. The summed E-state index contributed by atoms with van der Waals surface area (Å²) in [6.07, 6.45) is 1.30. The monoisotopic (exact) mass is 156 g/mol. The Balaban J connectivity index is 2.96. The molecule has 0 amide bonds. The summed E-state index contributed by atoms with van der Waals surface area (Å²) in [4.78, 5) is 3.58. The van der Waals surface area contributed by atoms with Crippen molar-refractivity contribution in [3.63, 3.8) is 0 Å². The van der Waals surface area contributed by atoms with Gasteiger partial charge in [-0.2, -0.15) is 0 Å². The molecule has 0 aliphatic rings. The number of hydrogen-bond acceptors (Lipinski definition) is 4. The van der Waals surface area contributed by atoms with E-state index in [1.54, 1.807) is 0 Å². The number of hydrogen-bond donors (Lipinski definition) is 2. The van der Waals surface area contributed by atoms with Crippen molar-refractivity contribution in [3.8, 4) is 5.88 Å². The molecule has 0 saturated heterocycles. The van der Waals surface area contributed by atoms with Gasteiger partial charge in [0.2, 0.25) is 5.88 Å². The molecule has 0 atom stereocenters. The third-order valence-corrected chi connectivity index (χ3v) is 1.18. The fourth-order valence-corrected chi connectivity index (χ4v) is 0.685. The van der Waals surface area contributed by atoms with Crippen LogP contribution in [0.5, 0.6) is 5.88 Å². The summed E-state index contributed by atoms with van der Waals surface area (Å²) in [5.41, 5.74) is -0.0800. The number of aromatic nitrogens is 1. The standard InChI is InChI=1S/C6H8BNO3/c1-11-6-5(7(9)10)3-2-4-8-6/h2-4,9-10H,1H3/i1D3. The van der Waals surface area contributed by atoms with Gasteiger partial charge in [-0.1, -0.05) is 6.07 Å². The first-order valence-electron chi connectivity index (χ1n) is 4.40. The fourth-order valence-electron chi connectivity index (χ4n) is 0.685. The second kappa shape index (κ2) is 3.36. The summed E-state index contributed by atoms with van der Waals surface area (Å²) in [6.45, 7) is 0. The van der Waals surface area contributed by atoms with Gasteiger partial charge in [-0.05, 0) is 6.07 Å². The molecule has 1 aromatic rings. The third kappa shape index (κ3) is 1.69. The molecule has 58 valence electrons. The molecule has 0 bridgehead atoms. The van der Waals surface area contributed by atoms with Crippen molar-refractivity contribution in [1.82, 2.24) is 4.98 Å². The molecule has 0 unspecified atom stereocenters. The Bertz CT molecular complexity index is 317. The van der Waals surface area contributed by atoms with E-state index in [1.807, 2.05) is 0 Å². The maximum Gasteiger partial charge on any atom is 0.493 e. The van der Waals surface area contributed by atoms with E-state index in [9.17, 15) is 0 Å². The van der Waals surface area contributed by atoms with Gasteiger partial charge in [0, 0.05) is 11.7 Å². The minimum Gasteiger partial charge on any atom is -0.481 e. The smallest absolute Gasteiger partial charge is 0.481 e. The van der Waals surface area contributed by atoms with Crippen molar-refractivity contribution in [2.24, 2.45) is 0 Å². The zero-order chi connectivity index (χ0) is 10.8. The topological polar surface area (TPSA) is 62.6 Å². The highest BCUT2D eigenvalue weighted by molar-refractivity contribution is 6.59. The van der Waals surface area contributed by atoms with Gasteiger partial charge in [0.05, 0.1) is 11.2 Å². The average Bonchev–Trinajstić information content (AvgIpc) is 2.01. The van der Waals surface area contributed by atoms with Crippen LogP contribution in [0.1, 0.15) is 4.11 Å². The van der Waals surface area contributed by atoms with E-state index in [0.29, 0.717) is 0 Å². The second-order valence-electron chi connectivity index (χ2n) is 1.87. The minimum absolute atomic E-state index is 0.0800. The first kappa shape index (κ1) is 4.74. The maximum atomic E-state index is 8.85. The molecule has 0 aromatic carbocycles. The summed E-state index contributed by atoms with van der Waals surface area (Å²) in [7, 11) is -4.46. The summed E-state index contributed by atoms with van der Waals surface area (Å²) in [5, 5.41) is 17.7. The molecule has 4 nitrogen and oxygen atoms in total. The predicted molar refractivity (Wildman–Crippen MR) is 40.6 cm³/mol. The Labute approximate surface area is 68.8 Å². The summed E-state index contributed by atoms with van der Waals surface area (Å²) >= 11 is 0. The highest BCUT2D eigenvalue weighted by Crippen LogP contribution is 1.99. The van der Waals surface area contributed by atoms with Crippen LogP contribution in [0.15, 0.2) is 18.3 Å². The SMILES string of the molecule is [2H]C([2H])([2H])Oc1ncccc1B(O)O. The Morgan fingerprint density at radius 1 is 1.73 bits per heavy atom. The van der Waals surface area contributed by atoms with Gasteiger partial charge in [0.25, 0.3) is 0 Å². The molecule has 0 saturated carbocycles. The van der Waals surface area contributed by atoms with Crippen LogP contribution in [0, 0.1) is 0 Å². The van der Waals surface area contributed by atoms with Crippen LogP contribution in [0.25, 0.3) is 0 Å². The van der Waals surface area contributed by atoms with E-state index < -0.39 is 14.2 Å². The highest BCUT2D eigenvalue weighted by Gasteiger charge is 2.16. The first-order chi connectivity index (χ1) is 6.40. The van der Waals surface area contributed by atoms with Gasteiger partial charge >= 0.3 is 7.12 Å². The molecule has 0 radical (unpaired) electrons. The molecule has 5 heteroatoms. The Morgan fingerprint density at radius 2 is 2.55 bits per heavy atom. The molecule has 1 rings (SSSR count). The number of pyridine rings is 1.